The van der Waals surface area contributed by atoms with Crippen molar-refractivity contribution in [1.29, 1.82) is 0 Å². The molecule has 0 atom stereocenters. The van der Waals surface area contributed by atoms with Gasteiger partial charge in [0.1, 0.15) is 13.7 Å². The van der Waals surface area contributed by atoms with Gasteiger partial charge in [-0.25, -0.2) is 4.98 Å². The van der Waals surface area contributed by atoms with E-state index in [1.807, 2.05) is 18.5 Å². The fourth-order valence-electron chi connectivity index (χ4n) is 3.68. The Balaban J connectivity index is 2.54. The monoisotopic (exact) mass is 298 g/mol. The van der Waals surface area contributed by atoms with Gasteiger partial charge in [-0.3, -0.25) is 0 Å². The van der Waals surface area contributed by atoms with E-state index in [9.17, 15) is 0 Å². The van der Waals surface area contributed by atoms with Crippen LogP contribution in [0, 0.1) is 11.5 Å². The third-order valence-electron chi connectivity index (χ3n) is 4.74. The molecule has 0 aliphatic rings. The normalized spacial score (nSPS) is 12.2. The summed E-state index contributed by atoms with van der Waals surface area (Å²) in [5.74, 6) is 3.51. The van der Waals surface area contributed by atoms with E-state index >= 15 is 0 Å². The van der Waals surface area contributed by atoms with Gasteiger partial charge in [0.05, 0.1) is 0 Å². The van der Waals surface area contributed by atoms with Gasteiger partial charge in [-0.05, 0) is 28.8 Å². The van der Waals surface area contributed by atoms with Crippen LogP contribution in [0.4, 0.5) is 0 Å². The molecule has 0 aliphatic carbocycles. The van der Waals surface area contributed by atoms with Crippen LogP contribution in [0.1, 0.15) is 47.1 Å². The van der Waals surface area contributed by atoms with Crippen LogP contribution in [0.15, 0.2) is 24.5 Å². The first-order chi connectivity index (χ1) is 9.89. The van der Waals surface area contributed by atoms with Crippen LogP contribution in [0.25, 0.3) is 11.0 Å². The number of rotatable bonds is 3. The van der Waals surface area contributed by atoms with Crippen LogP contribution in [-0.4, -0.2) is 18.0 Å². The number of hydrogen-bond donors (Lipinski definition) is 1. The van der Waals surface area contributed by atoms with E-state index in [1.165, 1.54) is 0 Å². The molecule has 0 spiro atoms. The zero-order chi connectivity index (χ0) is 15.6. The molecular formula is C18H26N2Si. The van der Waals surface area contributed by atoms with Gasteiger partial charge in [0.2, 0.25) is 0 Å². The Bertz CT molecular complexity index is 649. The molecule has 2 rings (SSSR count). The number of aromatic amines is 1. The second-order valence-electron chi connectivity index (χ2n) is 6.75. The van der Waals surface area contributed by atoms with Gasteiger partial charge in [0.15, 0.2) is 0 Å². The van der Waals surface area contributed by atoms with Crippen molar-refractivity contribution in [3.05, 3.63) is 30.1 Å². The predicted octanol–water partition coefficient (Wildman–Crippen LogP) is 5.13. The highest BCUT2D eigenvalue weighted by Crippen LogP contribution is 2.40. The first-order valence-corrected chi connectivity index (χ1v) is 10.1. The summed E-state index contributed by atoms with van der Waals surface area (Å²) in [5, 5.41) is 1.13. The van der Waals surface area contributed by atoms with Crippen LogP contribution < -0.4 is 0 Å². The van der Waals surface area contributed by atoms with Crippen LogP contribution in [-0.2, 0) is 0 Å². The Hall–Kier alpha value is -1.53. The maximum absolute atomic E-state index is 4.34. The molecule has 0 aromatic carbocycles. The minimum atomic E-state index is -1.67. The highest BCUT2D eigenvalue weighted by molar-refractivity contribution is 6.90. The topological polar surface area (TPSA) is 28.7 Å². The average Bonchev–Trinajstić information content (AvgIpc) is 2.87. The molecule has 2 aromatic rings. The van der Waals surface area contributed by atoms with Gasteiger partial charge in [-0.15, -0.1) is 5.54 Å². The maximum Gasteiger partial charge on any atom is 0.146 e. The lowest BCUT2D eigenvalue weighted by atomic mass is 10.2. The van der Waals surface area contributed by atoms with Crippen molar-refractivity contribution in [3.63, 3.8) is 0 Å². The first-order valence-electron chi connectivity index (χ1n) is 7.84. The Morgan fingerprint density at radius 1 is 1.00 bits per heavy atom. The first kappa shape index (κ1) is 15.8. The van der Waals surface area contributed by atoms with E-state index in [0.29, 0.717) is 16.6 Å². The molecule has 0 bridgehead atoms. The summed E-state index contributed by atoms with van der Waals surface area (Å²) in [6.07, 6.45) is 3.77. The Labute approximate surface area is 129 Å². The van der Waals surface area contributed by atoms with Gasteiger partial charge in [-0.1, -0.05) is 47.5 Å². The lowest BCUT2D eigenvalue weighted by Gasteiger charge is -2.38. The molecule has 0 saturated carbocycles. The smallest absolute Gasteiger partial charge is 0.146 e. The zero-order valence-electron chi connectivity index (χ0n) is 14.0. The molecule has 21 heavy (non-hydrogen) atoms. The van der Waals surface area contributed by atoms with Gasteiger partial charge in [0.25, 0.3) is 0 Å². The fraction of sp³-hybridized carbons (Fsp3) is 0.500. The molecule has 0 amide bonds. The standard InChI is InChI=1S/C18H26N2Si/c1-13(2)21(14(3)4,15(5)6)12-9-16-7-10-19-18-17(16)8-11-20-18/h7-8,10-11,13-15H,1-6H3,(H,19,20). The highest BCUT2D eigenvalue weighted by atomic mass is 28.3. The van der Waals surface area contributed by atoms with Crippen molar-refractivity contribution in [2.24, 2.45) is 0 Å². The Morgan fingerprint density at radius 3 is 2.19 bits per heavy atom. The summed E-state index contributed by atoms with van der Waals surface area (Å²) in [6, 6.07) is 4.10. The summed E-state index contributed by atoms with van der Waals surface area (Å²) in [4.78, 5) is 7.50. The minimum Gasteiger partial charge on any atom is -0.346 e. The van der Waals surface area contributed by atoms with E-state index < -0.39 is 8.07 Å². The largest absolute Gasteiger partial charge is 0.346 e. The van der Waals surface area contributed by atoms with E-state index in [4.69, 9.17) is 0 Å². The van der Waals surface area contributed by atoms with Crippen molar-refractivity contribution in [3.8, 4) is 11.5 Å². The van der Waals surface area contributed by atoms with E-state index in [1.54, 1.807) is 0 Å². The number of nitrogens with zero attached hydrogens (tertiary/aromatic N) is 1. The molecule has 2 heterocycles. The summed E-state index contributed by atoms with van der Waals surface area (Å²) >= 11 is 0. The average molecular weight is 299 g/mol. The third-order valence-corrected chi connectivity index (χ3v) is 11.0. The molecule has 0 radical (unpaired) electrons. The van der Waals surface area contributed by atoms with Crippen molar-refractivity contribution >= 4 is 19.1 Å². The van der Waals surface area contributed by atoms with Gasteiger partial charge >= 0.3 is 0 Å². The summed E-state index contributed by atoms with van der Waals surface area (Å²) in [6.45, 7) is 14.1. The zero-order valence-corrected chi connectivity index (χ0v) is 15.0. The van der Waals surface area contributed by atoms with Crippen LogP contribution in [0.2, 0.25) is 16.6 Å². The minimum absolute atomic E-state index is 0.661. The van der Waals surface area contributed by atoms with Crippen LogP contribution in [0.5, 0.6) is 0 Å². The summed E-state index contributed by atoms with van der Waals surface area (Å²) < 4.78 is 0. The van der Waals surface area contributed by atoms with E-state index in [2.05, 4.69) is 69.0 Å². The van der Waals surface area contributed by atoms with E-state index in [0.717, 1.165) is 16.6 Å². The van der Waals surface area contributed by atoms with Crippen molar-refractivity contribution in [2.45, 2.75) is 58.2 Å². The molecule has 0 aliphatic heterocycles. The molecule has 0 unspecified atom stereocenters. The lowest BCUT2D eigenvalue weighted by molar-refractivity contribution is 0.838. The molecule has 0 fully saturated rings. The van der Waals surface area contributed by atoms with Gasteiger partial charge in [0, 0.05) is 23.3 Å². The van der Waals surface area contributed by atoms with Crippen molar-refractivity contribution in [1.82, 2.24) is 9.97 Å². The Morgan fingerprint density at radius 2 is 1.62 bits per heavy atom. The molecule has 1 N–H and O–H groups in total. The number of aromatic nitrogens is 2. The maximum atomic E-state index is 4.34. The summed E-state index contributed by atoms with van der Waals surface area (Å²) in [5.41, 5.74) is 7.78. The molecule has 0 saturated heterocycles. The third kappa shape index (κ3) is 2.78. The molecule has 112 valence electrons. The molecule has 2 nitrogen and oxygen atoms in total. The second-order valence-corrected chi connectivity index (χ2v) is 12.3. The highest BCUT2D eigenvalue weighted by Gasteiger charge is 2.41. The number of H-pyrrole nitrogens is 1. The second kappa shape index (κ2) is 6.07. The number of pyridine rings is 1. The van der Waals surface area contributed by atoms with Crippen molar-refractivity contribution in [2.75, 3.05) is 0 Å². The Kier molecular flexibility index (Phi) is 4.58. The van der Waals surface area contributed by atoms with Gasteiger partial charge in [-0.2, -0.15) is 0 Å². The van der Waals surface area contributed by atoms with Crippen LogP contribution in [0.3, 0.4) is 0 Å². The molecule has 2 aromatic heterocycles. The predicted molar refractivity (Wildman–Crippen MR) is 94.0 cm³/mol. The number of hydrogen-bond acceptors (Lipinski definition) is 1. The lowest BCUT2D eigenvalue weighted by Crippen LogP contribution is -2.43. The number of nitrogens with one attached hydrogen (secondary N) is 1. The summed E-state index contributed by atoms with van der Waals surface area (Å²) in [7, 11) is -1.67. The molecular weight excluding hydrogens is 272 g/mol. The fourth-order valence-corrected chi connectivity index (χ4v) is 8.90. The quantitative estimate of drug-likeness (QED) is 0.617. The SMILES string of the molecule is CC(C)[Si](C#Cc1ccnc2[nH]ccc12)(C(C)C)C(C)C. The molecule has 3 heteroatoms. The van der Waals surface area contributed by atoms with E-state index in [-0.39, 0.29) is 0 Å². The number of fused-ring (bicyclic) bond motifs is 1. The van der Waals surface area contributed by atoms with Crippen molar-refractivity contribution < 1.29 is 0 Å². The van der Waals surface area contributed by atoms with Gasteiger partial charge < -0.3 is 4.98 Å². The van der Waals surface area contributed by atoms with Crippen LogP contribution >= 0.6 is 0 Å².